The largest absolute Gasteiger partial charge is 0.399 e. The van der Waals surface area contributed by atoms with Crippen molar-refractivity contribution in [3.05, 3.63) is 29.6 Å². The van der Waals surface area contributed by atoms with Crippen molar-refractivity contribution in [2.24, 2.45) is 0 Å². The van der Waals surface area contributed by atoms with Crippen LogP contribution in [0.5, 0.6) is 0 Å². The van der Waals surface area contributed by atoms with Crippen LogP contribution < -0.4 is 5.73 Å². The van der Waals surface area contributed by atoms with E-state index < -0.39 is 11.6 Å². The number of nitrogens with zero attached hydrogens (tertiary/aromatic N) is 1. The van der Waals surface area contributed by atoms with Crippen LogP contribution in [0.3, 0.4) is 0 Å². The van der Waals surface area contributed by atoms with Crippen molar-refractivity contribution in [1.82, 2.24) is 4.90 Å². The van der Waals surface area contributed by atoms with Crippen LogP contribution in [0, 0.1) is 5.82 Å². The summed E-state index contributed by atoms with van der Waals surface area (Å²) in [4.78, 5) is 14.0. The van der Waals surface area contributed by atoms with Gasteiger partial charge in [-0.1, -0.05) is 0 Å². The van der Waals surface area contributed by atoms with Gasteiger partial charge >= 0.3 is 0 Å². The van der Waals surface area contributed by atoms with Gasteiger partial charge in [0.2, 0.25) is 0 Å². The Morgan fingerprint density at radius 1 is 1.35 bits per heavy atom. The van der Waals surface area contributed by atoms with Crippen LogP contribution in [-0.2, 0) is 9.47 Å². The smallest absolute Gasteiger partial charge is 0.257 e. The van der Waals surface area contributed by atoms with Crippen LogP contribution in [0.4, 0.5) is 10.1 Å². The Labute approximate surface area is 116 Å². The standard InChI is InChI=1S/C14H17FN2O3/c15-12-3-2-10(16)8-11(12)13(18)17-5-1-4-14(9-17)19-6-7-20-14/h2-3,8H,1,4-7,9,16H2. The zero-order valence-electron chi connectivity index (χ0n) is 11.1. The van der Waals surface area contributed by atoms with E-state index in [-0.39, 0.29) is 11.5 Å². The fourth-order valence-electron chi connectivity index (χ4n) is 2.77. The Morgan fingerprint density at radius 2 is 2.10 bits per heavy atom. The molecule has 0 radical (unpaired) electrons. The lowest BCUT2D eigenvalue weighted by Crippen LogP contribution is -2.51. The van der Waals surface area contributed by atoms with Crippen molar-refractivity contribution in [2.45, 2.75) is 18.6 Å². The van der Waals surface area contributed by atoms with Gasteiger partial charge in [-0.2, -0.15) is 0 Å². The highest BCUT2D eigenvalue weighted by Crippen LogP contribution is 2.31. The van der Waals surface area contributed by atoms with Gasteiger partial charge in [0.05, 0.1) is 25.3 Å². The Balaban J connectivity index is 1.81. The number of anilines is 1. The molecule has 6 heteroatoms. The van der Waals surface area contributed by atoms with Crippen LogP contribution in [0.2, 0.25) is 0 Å². The summed E-state index contributed by atoms with van der Waals surface area (Å²) in [5.74, 6) is -1.63. The molecule has 3 rings (SSSR count). The molecule has 0 aliphatic carbocycles. The third-order valence-electron chi connectivity index (χ3n) is 3.74. The minimum atomic E-state index is -0.704. The predicted molar refractivity (Wildman–Crippen MR) is 70.6 cm³/mol. The third-order valence-corrected chi connectivity index (χ3v) is 3.74. The Kier molecular flexibility index (Phi) is 3.35. The number of likely N-dealkylation sites (tertiary alicyclic amines) is 1. The van der Waals surface area contributed by atoms with E-state index >= 15 is 0 Å². The van der Waals surface area contributed by atoms with Crippen LogP contribution >= 0.6 is 0 Å². The molecule has 0 unspecified atom stereocenters. The molecular formula is C14H17FN2O3. The molecule has 0 saturated carbocycles. The molecule has 1 amide bonds. The molecule has 20 heavy (non-hydrogen) atoms. The van der Waals surface area contributed by atoms with E-state index in [2.05, 4.69) is 0 Å². The van der Waals surface area contributed by atoms with E-state index in [1.165, 1.54) is 18.2 Å². The molecule has 2 heterocycles. The Morgan fingerprint density at radius 3 is 2.85 bits per heavy atom. The number of carbonyl (C=O) groups excluding carboxylic acids is 1. The van der Waals surface area contributed by atoms with Crippen molar-refractivity contribution in [3.63, 3.8) is 0 Å². The first kappa shape index (κ1) is 13.3. The number of hydrogen-bond acceptors (Lipinski definition) is 4. The third kappa shape index (κ3) is 2.36. The number of halogens is 1. The SMILES string of the molecule is Nc1ccc(F)c(C(=O)N2CCCC3(C2)OCCO3)c1. The van der Waals surface area contributed by atoms with Gasteiger partial charge in [-0.15, -0.1) is 0 Å². The lowest BCUT2D eigenvalue weighted by atomic mass is 10.0. The summed E-state index contributed by atoms with van der Waals surface area (Å²) in [6.07, 6.45) is 1.53. The van der Waals surface area contributed by atoms with Crippen LogP contribution in [0.15, 0.2) is 18.2 Å². The minimum absolute atomic E-state index is 0.0000435. The fraction of sp³-hybridized carbons (Fsp3) is 0.500. The molecule has 1 spiro atoms. The summed E-state index contributed by atoms with van der Waals surface area (Å²) in [6.45, 7) is 1.98. The molecule has 108 valence electrons. The average molecular weight is 280 g/mol. The zero-order chi connectivity index (χ0) is 14.2. The van der Waals surface area contributed by atoms with E-state index in [0.29, 0.717) is 32.0 Å². The highest BCUT2D eigenvalue weighted by molar-refractivity contribution is 5.95. The number of nitrogen functional groups attached to an aromatic ring is 1. The van der Waals surface area contributed by atoms with Crippen molar-refractivity contribution in [1.29, 1.82) is 0 Å². The predicted octanol–water partition coefficient (Wildman–Crippen LogP) is 1.39. The molecular weight excluding hydrogens is 263 g/mol. The van der Waals surface area contributed by atoms with Crippen LogP contribution in [-0.4, -0.2) is 42.9 Å². The summed E-state index contributed by atoms with van der Waals surface area (Å²) < 4.78 is 25.0. The van der Waals surface area contributed by atoms with Gasteiger partial charge in [0.1, 0.15) is 5.82 Å². The van der Waals surface area contributed by atoms with E-state index in [0.717, 1.165) is 12.8 Å². The lowest BCUT2D eigenvalue weighted by molar-refractivity contribution is -0.183. The van der Waals surface area contributed by atoms with Crippen molar-refractivity contribution in [2.75, 3.05) is 32.0 Å². The number of hydrogen-bond donors (Lipinski definition) is 1. The average Bonchev–Trinajstić information content (AvgIpc) is 2.88. The monoisotopic (exact) mass is 280 g/mol. The number of ether oxygens (including phenoxy) is 2. The quantitative estimate of drug-likeness (QED) is 0.789. The highest BCUT2D eigenvalue weighted by atomic mass is 19.1. The van der Waals surface area contributed by atoms with Gasteiger partial charge < -0.3 is 20.1 Å². The van der Waals surface area contributed by atoms with Gasteiger partial charge in [-0.25, -0.2) is 4.39 Å². The summed E-state index contributed by atoms with van der Waals surface area (Å²) in [7, 11) is 0. The van der Waals surface area contributed by atoms with E-state index in [9.17, 15) is 9.18 Å². The second-order valence-electron chi connectivity index (χ2n) is 5.18. The maximum absolute atomic E-state index is 13.8. The topological polar surface area (TPSA) is 64.8 Å². The molecule has 5 nitrogen and oxygen atoms in total. The highest BCUT2D eigenvalue weighted by Gasteiger charge is 2.42. The fourth-order valence-corrected chi connectivity index (χ4v) is 2.77. The lowest BCUT2D eigenvalue weighted by Gasteiger charge is -2.38. The Hall–Kier alpha value is -1.66. The van der Waals surface area contributed by atoms with Gasteiger partial charge in [-0.05, 0) is 24.6 Å². The first-order chi connectivity index (χ1) is 9.60. The number of piperidine rings is 1. The maximum Gasteiger partial charge on any atom is 0.257 e. The van der Waals surface area contributed by atoms with E-state index in [4.69, 9.17) is 15.2 Å². The number of amides is 1. The normalized spacial score (nSPS) is 21.4. The van der Waals surface area contributed by atoms with Gasteiger partial charge in [-0.3, -0.25) is 4.79 Å². The Bertz CT molecular complexity index is 529. The molecule has 2 saturated heterocycles. The van der Waals surface area contributed by atoms with E-state index in [1.807, 2.05) is 0 Å². The first-order valence-electron chi connectivity index (χ1n) is 6.72. The second kappa shape index (κ2) is 5.03. The first-order valence-corrected chi connectivity index (χ1v) is 6.72. The van der Waals surface area contributed by atoms with E-state index in [1.54, 1.807) is 4.90 Å². The van der Waals surface area contributed by atoms with Gasteiger partial charge in [0.15, 0.2) is 5.79 Å². The van der Waals surface area contributed by atoms with Crippen LogP contribution in [0.25, 0.3) is 0 Å². The van der Waals surface area contributed by atoms with Crippen molar-refractivity contribution in [3.8, 4) is 0 Å². The van der Waals surface area contributed by atoms with Gasteiger partial charge in [0.25, 0.3) is 5.91 Å². The number of rotatable bonds is 1. The number of benzene rings is 1. The molecule has 2 fully saturated rings. The molecule has 0 atom stereocenters. The minimum Gasteiger partial charge on any atom is -0.399 e. The molecule has 0 aromatic heterocycles. The molecule has 0 bridgehead atoms. The summed E-state index contributed by atoms with van der Waals surface area (Å²) in [6, 6.07) is 4.02. The number of nitrogens with two attached hydrogens (primary N) is 1. The second-order valence-corrected chi connectivity index (χ2v) is 5.18. The van der Waals surface area contributed by atoms with Crippen molar-refractivity contribution < 1.29 is 18.7 Å². The summed E-state index contributed by atoms with van der Waals surface area (Å²) in [5.41, 5.74) is 5.99. The number of carbonyl (C=O) groups is 1. The molecule has 2 N–H and O–H groups in total. The summed E-state index contributed by atoms with van der Waals surface area (Å²) >= 11 is 0. The van der Waals surface area contributed by atoms with Crippen LogP contribution in [0.1, 0.15) is 23.2 Å². The van der Waals surface area contributed by atoms with Gasteiger partial charge in [0, 0.05) is 18.7 Å². The molecule has 1 aromatic rings. The molecule has 2 aliphatic heterocycles. The zero-order valence-corrected chi connectivity index (χ0v) is 11.1. The maximum atomic E-state index is 13.8. The molecule has 1 aromatic carbocycles. The summed E-state index contributed by atoms with van der Waals surface area (Å²) in [5, 5.41) is 0. The molecule has 2 aliphatic rings. The van der Waals surface area contributed by atoms with Crippen molar-refractivity contribution >= 4 is 11.6 Å².